The number of nitrogens with one attached hydrogen (secondary N) is 2. The summed E-state index contributed by atoms with van der Waals surface area (Å²) < 4.78 is 0. The highest BCUT2D eigenvalue weighted by molar-refractivity contribution is 6.33. The molecule has 7 heteroatoms. The molecule has 1 saturated carbocycles. The first-order chi connectivity index (χ1) is 13.1. The second kappa shape index (κ2) is 6.30. The van der Waals surface area contributed by atoms with Gasteiger partial charge in [-0.15, -0.1) is 0 Å². The molecule has 1 fully saturated rings. The molecule has 138 valence electrons. The highest BCUT2D eigenvalue weighted by Gasteiger charge is 2.32. The van der Waals surface area contributed by atoms with Crippen molar-refractivity contribution < 1.29 is 0 Å². The van der Waals surface area contributed by atoms with Gasteiger partial charge in [-0.2, -0.15) is 5.10 Å². The standard InChI is InChI=1S/C20H21ClN6/c1-10-4-3-5-14-17(10)11(2)18(23-14)20-22-9-13(21)19(25-20)24-16-8-15(26-27-16)12-6-7-12/h8-9,11-12H,1,3-7H2,2H3,(H2,22,24,25,26,27). The molecule has 2 aromatic heterocycles. The molecule has 0 bridgehead atoms. The number of H-pyrrole nitrogens is 1. The Morgan fingerprint density at radius 2 is 2.15 bits per heavy atom. The topological polar surface area (TPSA) is 78.9 Å². The number of nitrogens with zero attached hydrogens (tertiary/aromatic N) is 4. The van der Waals surface area contributed by atoms with E-state index in [1.165, 1.54) is 24.0 Å². The van der Waals surface area contributed by atoms with Crippen molar-refractivity contribution in [2.45, 2.75) is 44.9 Å². The quantitative estimate of drug-likeness (QED) is 0.790. The lowest BCUT2D eigenvalue weighted by Crippen LogP contribution is -2.16. The molecular weight excluding hydrogens is 360 g/mol. The van der Waals surface area contributed by atoms with E-state index in [1.807, 2.05) is 6.07 Å². The monoisotopic (exact) mass is 380 g/mol. The first-order valence-electron chi connectivity index (χ1n) is 9.45. The predicted molar refractivity (Wildman–Crippen MR) is 107 cm³/mol. The van der Waals surface area contributed by atoms with Gasteiger partial charge in [-0.3, -0.25) is 10.1 Å². The molecule has 2 N–H and O–H groups in total. The Balaban J connectivity index is 1.43. The van der Waals surface area contributed by atoms with Crippen LogP contribution >= 0.6 is 11.6 Å². The maximum atomic E-state index is 6.33. The van der Waals surface area contributed by atoms with Crippen LogP contribution in [0.1, 0.15) is 56.5 Å². The van der Waals surface area contributed by atoms with Crippen LogP contribution in [0.3, 0.4) is 0 Å². The number of aromatic amines is 1. The van der Waals surface area contributed by atoms with Gasteiger partial charge in [-0.1, -0.05) is 25.1 Å². The zero-order valence-electron chi connectivity index (χ0n) is 15.2. The molecule has 2 aromatic rings. The Kier molecular flexibility index (Phi) is 3.90. The highest BCUT2D eigenvalue weighted by atomic mass is 35.5. The van der Waals surface area contributed by atoms with Gasteiger partial charge < -0.3 is 5.32 Å². The summed E-state index contributed by atoms with van der Waals surface area (Å²) in [6.07, 6.45) is 7.22. The summed E-state index contributed by atoms with van der Waals surface area (Å²) in [4.78, 5) is 13.9. The van der Waals surface area contributed by atoms with Gasteiger partial charge in [0.15, 0.2) is 17.5 Å². The summed E-state index contributed by atoms with van der Waals surface area (Å²) in [5.41, 5.74) is 5.66. The van der Waals surface area contributed by atoms with Crippen molar-refractivity contribution >= 4 is 28.9 Å². The van der Waals surface area contributed by atoms with Crippen molar-refractivity contribution in [1.82, 2.24) is 20.2 Å². The van der Waals surface area contributed by atoms with Crippen LogP contribution in [0.15, 0.2) is 40.7 Å². The normalized spacial score (nSPS) is 22.1. The van der Waals surface area contributed by atoms with Gasteiger partial charge in [0.05, 0.1) is 11.9 Å². The largest absolute Gasteiger partial charge is 0.322 e. The van der Waals surface area contributed by atoms with Crippen molar-refractivity contribution in [3.63, 3.8) is 0 Å². The van der Waals surface area contributed by atoms with Gasteiger partial charge >= 0.3 is 0 Å². The third-order valence-corrected chi connectivity index (χ3v) is 5.79. The minimum absolute atomic E-state index is 0.161. The van der Waals surface area contributed by atoms with E-state index in [0.29, 0.717) is 22.6 Å². The molecule has 6 nitrogen and oxygen atoms in total. The van der Waals surface area contributed by atoms with Crippen molar-refractivity contribution in [3.8, 4) is 0 Å². The van der Waals surface area contributed by atoms with E-state index in [1.54, 1.807) is 6.20 Å². The van der Waals surface area contributed by atoms with Crippen LogP contribution in [0.2, 0.25) is 5.02 Å². The third kappa shape index (κ3) is 2.98. The first-order valence-corrected chi connectivity index (χ1v) is 9.83. The molecule has 0 radical (unpaired) electrons. The summed E-state index contributed by atoms with van der Waals surface area (Å²) in [5, 5.41) is 11.1. The van der Waals surface area contributed by atoms with Gasteiger partial charge in [0.25, 0.3) is 0 Å². The first kappa shape index (κ1) is 16.7. The van der Waals surface area contributed by atoms with Crippen LogP contribution < -0.4 is 5.32 Å². The lowest BCUT2D eigenvalue weighted by atomic mass is 9.85. The molecule has 5 rings (SSSR count). The number of halogens is 1. The fourth-order valence-corrected chi connectivity index (χ4v) is 4.08. The van der Waals surface area contributed by atoms with Crippen LogP contribution in [0, 0.1) is 5.92 Å². The van der Waals surface area contributed by atoms with E-state index < -0.39 is 0 Å². The number of anilines is 2. The van der Waals surface area contributed by atoms with E-state index in [4.69, 9.17) is 16.6 Å². The Hall–Kier alpha value is -2.47. The van der Waals surface area contributed by atoms with Gasteiger partial charge in [0.1, 0.15) is 5.02 Å². The van der Waals surface area contributed by atoms with Crippen molar-refractivity contribution in [2.75, 3.05) is 5.32 Å². The zero-order valence-corrected chi connectivity index (χ0v) is 16.0. The second-order valence-corrected chi connectivity index (χ2v) is 7.94. The second-order valence-electron chi connectivity index (χ2n) is 7.53. The van der Waals surface area contributed by atoms with E-state index in [0.717, 1.165) is 42.2 Å². The molecule has 1 unspecified atom stereocenters. The van der Waals surface area contributed by atoms with Crippen LogP contribution in [0.5, 0.6) is 0 Å². The maximum Gasteiger partial charge on any atom is 0.176 e. The van der Waals surface area contributed by atoms with Crippen molar-refractivity contribution in [3.05, 3.63) is 52.2 Å². The molecule has 3 heterocycles. The minimum Gasteiger partial charge on any atom is -0.322 e. The molecule has 0 spiro atoms. The molecule has 2 aliphatic carbocycles. The summed E-state index contributed by atoms with van der Waals surface area (Å²) in [6, 6.07) is 2.02. The van der Waals surface area contributed by atoms with Crippen LogP contribution in [-0.2, 0) is 0 Å². The highest BCUT2D eigenvalue weighted by Crippen LogP contribution is 2.41. The minimum atomic E-state index is 0.161. The third-order valence-electron chi connectivity index (χ3n) is 5.52. The Labute approximate surface area is 162 Å². The van der Waals surface area contributed by atoms with E-state index in [2.05, 4.69) is 39.0 Å². The summed E-state index contributed by atoms with van der Waals surface area (Å²) >= 11 is 6.33. The number of aromatic nitrogens is 4. The molecule has 0 aromatic carbocycles. The predicted octanol–water partition coefficient (Wildman–Crippen LogP) is 4.91. The molecule has 1 aliphatic heterocycles. The van der Waals surface area contributed by atoms with E-state index in [9.17, 15) is 0 Å². The maximum absolute atomic E-state index is 6.33. The molecule has 3 aliphatic rings. The van der Waals surface area contributed by atoms with Crippen LogP contribution in [0.4, 0.5) is 11.6 Å². The van der Waals surface area contributed by atoms with Crippen LogP contribution in [-0.4, -0.2) is 25.9 Å². The summed E-state index contributed by atoms with van der Waals surface area (Å²) in [7, 11) is 0. The average Bonchev–Trinajstić information content (AvgIpc) is 3.31. The van der Waals surface area contributed by atoms with Crippen molar-refractivity contribution in [2.24, 2.45) is 10.9 Å². The fourth-order valence-electron chi connectivity index (χ4n) is 3.94. The lowest BCUT2D eigenvalue weighted by molar-refractivity contribution is 0.739. The Bertz CT molecular complexity index is 998. The zero-order chi connectivity index (χ0) is 18.5. The number of aliphatic imine (C=N–C) groups is 1. The number of hydrogen-bond acceptors (Lipinski definition) is 5. The molecule has 27 heavy (non-hydrogen) atoms. The number of rotatable bonds is 4. The summed E-state index contributed by atoms with van der Waals surface area (Å²) in [5.74, 6) is 2.65. The van der Waals surface area contributed by atoms with Crippen LogP contribution in [0.25, 0.3) is 0 Å². The SMILES string of the molecule is C=C1CCCC2=C1C(C)C(c1ncc(Cl)c(Nc3cc(C4CC4)[nH]n3)n1)=N2. The molecule has 1 atom stereocenters. The van der Waals surface area contributed by atoms with Gasteiger partial charge in [-0.05, 0) is 43.3 Å². The fraction of sp³-hybridized carbons (Fsp3) is 0.400. The Morgan fingerprint density at radius 3 is 2.93 bits per heavy atom. The number of allylic oxidation sites excluding steroid dienone is 3. The molecular formula is C20H21ClN6. The van der Waals surface area contributed by atoms with Gasteiger partial charge in [0.2, 0.25) is 0 Å². The van der Waals surface area contributed by atoms with Crippen molar-refractivity contribution in [1.29, 1.82) is 0 Å². The summed E-state index contributed by atoms with van der Waals surface area (Å²) in [6.45, 7) is 6.38. The Morgan fingerprint density at radius 1 is 1.30 bits per heavy atom. The van der Waals surface area contributed by atoms with Gasteiger partial charge in [-0.25, -0.2) is 9.97 Å². The van der Waals surface area contributed by atoms with E-state index in [-0.39, 0.29) is 5.92 Å². The smallest absolute Gasteiger partial charge is 0.176 e. The van der Waals surface area contributed by atoms with E-state index >= 15 is 0 Å². The van der Waals surface area contributed by atoms with Gasteiger partial charge in [0, 0.05) is 29.3 Å². The number of hydrogen-bond donors (Lipinski definition) is 2. The molecule has 0 saturated heterocycles. The average molecular weight is 381 g/mol. The lowest BCUT2D eigenvalue weighted by Gasteiger charge is -2.19. The molecule has 0 amide bonds.